The highest BCUT2D eigenvalue weighted by atomic mass is 16.7. The average molecular weight is 961 g/mol. The van der Waals surface area contributed by atoms with Crippen molar-refractivity contribution in [2.45, 2.75) is 61.4 Å². The molecule has 0 aromatic heterocycles. The second-order valence-electron chi connectivity index (χ2n) is 14.7. The van der Waals surface area contributed by atoms with Gasteiger partial charge in [-0.05, 0) is 71.3 Å². The number of ether oxygens (including phenoxy) is 12. The molecule has 0 spiro atoms. The molecule has 23 heteroatoms. The highest BCUT2D eigenvalue weighted by Crippen LogP contribution is 2.40. The smallest absolute Gasteiger partial charge is 0.333 e. The third-order valence-corrected chi connectivity index (χ3v) is 10.4. The molecule has 68 heavy (non-hydrogen) atoms. The Labute approximate surface area is 388 Å². The van der Waals surface area contributed by atoms with Crippen molar-refractivity contribution in [1.82, 2.24) is 0 Å². The zero-order chi connectivity index (χ0) is 49.8. The summed E-state index contributed by atoms with van der Waals surface area (Å²) in [6, 6.07) is 8.34. The molecule has 8 N–H and O–H groups in total. The fourth-order valence-electron chi connectivity index (χ4n) is 6.71. The summed E-state index contributed by atoms with van der Waals surface area (Å²) in [5.74, 6) is -3.84. The van der Waals surface area contributed by atoms with Gasteiger partial charge in [0.25, 0.3) is 0 Å². The number of aliphatic hydroxyl groups is 5. The quantitative estimate of drug-likeness (QED) is 0.0462. The normalized spacial score (nSPS) is 24.9. The average Bonchev–Trinajstić information content (AvgIpc) is 3.33. The van der Waals surface area contributed by atoms with Gasteiger partial charge < -0.3 is 97.7 Å². The van der Waals surface area contributed by atoms with E-state index in [1.807, 2.05) is 0 Å². The molecule has 0 saturated carbocycles. The van der Waals surface area contributed by atoms with Crippen molar-refractivity contribution < 1.29 is 112 Å². The summed E-state index contributed by atoms with van der Waals surface area (Å²) >= 11 is 0. The number of hydrogen-bond donors (Lipinski definition) is 8. The van der Waals surface area contributed by atoms with E-state index in [9.17, 15) is 55.2 Å². The third-order valence-electron chi connectivity index (χ3n) is 10.4. The molecule has 2 heterocycles. The number of phenolic OH excluding ortho intramolecular Hbond substituents is 3. The molecule has 2 aliphatic heterocycles. The van der Waals surface area contributed by atoms with Crippen LogP contribution in [0.4, 0.5) is 0 Å². The van der Waals surface area contributed by atoms with Gasteiger partial charge in [0, 0.05) is 18.2 Å². The first-order valence-corrected chi connectivity index (χ1v) is 20.3. The Bertz CT molecular complexity index is 2250. The van der Waals surface area contributed by atoms with E-state index in [-0.39, 0.29) is 51.7 Å². The van der Waals surface area contributed by atoms with Crippen LogP contribution in [0.2, 0.25) is 0 Å². The summed E-state index contributed by atoms with van der Waals surface area (Å²) in [6.45, 7) is -1.43. The number of aromatic hydroxyl groups is 3. The Kier molecular flexibility index (Phi) is 18.2. The van der Waals surface area contributed by atoms with Crippen molar-refractivity contribution in [1.29, 1.82) is 0 Å². The molecule has 0 amide bonds. The van der Waals surface area contributed by atoms with Crippen LogP contribution < -0.4 is 28.4 Å². The molecule has 0 radical (unpaired) electrons. The summed E-state index contributed by atoms with van der Waals surface area (Å²) in [5.41, 5.74) is 0.984. The van der Waals surface area contributed by atoms with E-state index in [1.54, 1.807) is 0 Å². The van der Waals surface area contributed by atoms with Gasteiger partial charge in [-0.25, -0.2) is 14.4 Å². The lowest BCUT2D eigenvalue weighted by Crippen LogP contribution is -2.62. The maximum absolute atomic E-state index is 13.2. The van der Waals surface area contributed by atoms with E-state index in [0.717, 1.165) is 18.2 Å². The van der Waals surface area contributed by atoms with Gasteiger partial charge in [-0.2, -0.15) is 0 Å². The van der Waals surface area contributed by atoms with Crippen LogP contribution in [0.25, 0.3) is 18.2 Å². The fraction of sp³-hybridized carbons (Fsp3) is 0.400. The third kappa shape index (κ3) is 12.6. The molecular weight excluding hydrogens is 908 g/mol. The van der Waals surface area contributed by atoms with Crippen molar-refractivity contribution in [2.24, 2.45) is 0 Å². The second-order valence-corrected chi connectivity index (χ2v) is 14.7. The molecule has 2 aliphatic rings. The van der Waals surface area contributed by atoms with E-state index in [0.29, 0.717) is 16.7 Å². The van der Waals surface area contributed by atoms with Crippen LogP contribution in [-0.4, -0.2) is 176 Å². The Balaban J connectivity index is 1.30. The fourth-order valence-corrected chi connectivity index (χ4v) is 6.71. The topological polar surface area (TPSA) is 324 Å². The molecule has 2 fully saturated rings. The molecule has 0 aliphatic carbocycles. The maximum atomic E-state index is 13.2. The van der Waals surface area contributed by atoms with Crippen LogP contribution in [0.5, 0.6) is 51.7 Å². The Morgan fingerprint density at radius 1 is 0.471 bits per heavy atom. The van der Waals surface area contributed by atoms with Crippen LogP contribution >= 0.6 is 0 Å². The predicted octanol–water partition coefficient (Wildman–Crippen LogP) is 0.564. The zero-order valence-electron chi connectivity index (χ0n) is 37.3. The highest BCUT2D eigenvalue weighted by molar-refractivity contribution is 5.89. The minimum atomic E-state index is -2.04. The molecule has 3 aromatic rings. The molecule has 23 nitrogen and oxygen atoms in total. The lowest BCUT2D eigenvalue weighted by Gasteiger charge is -2.43. The van der Waals surface area contributed by atoms with Crippen LogP contribution in [0.1, 0.15) is 16.7 Å². The number of carbonyl (C=O) groups excluding carboxylic acids is 3. The zero-order valence-corrected chi connectivity index (χ0v) is 37.3. The molecule has 5 rings (SSSR count). The minimum Gasteiger partial charge on any atom is -0.502 e. The van der Waals surface area contributed by atoms with Gasteiger partial charge in [0.05, 0.1) is 49.3 Å². The molecule has 2 saturated heterocycles. The van der Waals surface area contributed by atoms with Gasteiger partial charge >= 0.3 is 17.9 Å². The van der Waals surface area contributed by atoms with Gasteiger partial charge in [0.2, 0.25) is 23.5 Å². The first kappa shape index (κ1) is 52.1. The van der Waals surface area contributed by atoms with Gasteiger partial charge in [-0.1, -0.05) is 0 Å². The number of rotatable bonds is 19. The lowest BCUT2D eigenvalue weighted by molar-refractivity contribution is -0.327. The highest BCUT2D eigenvalue weighted by Gasteiger charge is 2.50. The molecular formula is C45H52O23. The Morgan fingerprint density at radius 2 is 0.824 bits per heavy atom. The van der Waals surface area contributed by atoms with E-state index < -0.39 is 92.5 Å². The summed E-state index contributed by atoms with van der Waals surface area (Å²) in [4.78, 5) is 39.0. The summed E-state index contributed by atoms with van der Waals surface area (Å²) in [6.07, 6.45) is -11.7. The summed E-state index contributed by atoms with van der Waals surface area (Å²) in [7, 11) is 7.83. The largest absolute Gasteiger partial charge is 0.502 e. The van der Waals surface area contributed by atoms with E-state index in [1.165, 1.54) is 97.3 Å². The van der Waals surface area contributed by atoms with Gasteiger partial charge in [0.1, 0.15) is 49.3 Å². The van der Waals surface area contributed by atoms with Crippen LogP contribution in [0, 0.1) is 0 Å². The van der Waals surface area contributed by atoms with Crippen molar-refractivity contribution >= 4 is 36.1 Å². The van der Waals surface area contributed by atoms with Gasteiger partial charge in [0.15, 0.2) is 46.9 Å². The van der Waals surface area contributed by atoms with Crippen LogP contribution in [0.15, 0.2) is 54.6 Å². The minimum absolute atomic E-state index is 0.0149. The number of hydrogen-bond acceptors (Lipinski definition) is 23. The van der Waals surface area contributed by atoms with Crippen molar-refractivity contribution in [3.8, 4) is 51.7 Å². The monoisotopic (exact) mass is 960 g/mol. The Morgan fingerprint density at radius 3 is 1.24 bits per heavy atom. The standard InChI is InChI=1S/C45H52O23/c1-57-24-13-21(14-25(58-2)35(24)49)7-10-32(46)63-19-30-38(52)40(54)42(56)44(65-30)64-20-31-39(53)41(55)43(67-33(47)11-8-22-15-26(59-3)36(50)27(16-22)60-4)45(66-31)68-34(48)12-9-23-17-28(61-5)37(51)29(18-23)62-6/h7-18,30-31,38-45,49-56H,19-20H2,1-6H3/b10-7-,11-8+,12-9-/t30-,31-,38-,39-,40+,41+,42-,43-,44-,45-/m1/s1. The van der Waals surface area contributed by atoms with Gasteiger partial charge in [-0.15, -0.1) is 0 Å². The first-order valence-electron chi connectivity index (χ1n) is 20.3. The van der Waals surface area contributed by atoms with E-state index in [2.05, 4.69) is 0 Å². The first-order chi connectivity index (χ1) is 32.5. The number of carbonyl (C=O) groups is 3. The Hall–Kier alpha value is -6.83. The molecule has 3 aromatic carbocycles. The lowest BCUT2D eigenvalue weighted by atomic mass is 9.98. The number of aliphatic hydroxyl groups excluding tert-OH is 5. The van der Waals surface area contributed by atoms with E-state index in [4.69, 9.17) is 56.8 Å². The molecule has 0 unspecified atom stereocenters. The molecule has 0 bridgehead atoms. The van der Waals surface area contributed by atoms with Crippen LogP contribution in [0.3, 0.4) is 0 Å². The van der Waals surface area contributed by atoms with Crippen molar-refractivity contribution in [3.63, 3.8) is 0 Å². The number of methoxy groups -OCH3 is 6. The van der Waals surface area contributed by atoms with Gasteiger partial charge in [-0.3, -0.25) is 0 Å². The van der Waals surface area contributed by atoms with E-state index >= 15 is 0 Å². The molecule has 370 valence electrons. The SMILES string of the molecule is COc1cc(/C=C\C(=O)OC[C@H]2O[C@@H](OC[C@H]3O[C@H](OC(=O)/C=C\c4cc(OC)c(O)c(OC)c4)[C@H](OC(=O)/C=C/c4cc(OC)c(O)c(OC)c4)[C@@H](O)[C@@H]3O)[C@H](O)[C@@H](O)[C@@H]2O)cc(OC)c1O. The number of esters is 3. The van der Waals surface area contributed by atoms with Crippen LogP contribution in [-0.2, 0) is 42.8 Å². The second kappa shape index (κ2) is 23.8. The predicted molar refractivity (Wildman–Crippen MR) is 231 cm³/mol. The summed E-state index contributed by atoms with van der Waals surface area (Å²) in [5, 5.41) is 85.2. The maximum Gasteiger partial charge on any atom is 0.333 e. The van der Waals surface area contributed by atoms with Crippen molar-refractivity contribution in [2.75, 3.05) is 55.9 Å². The summed E-state index contributed by atoms with van der Waals surface area (Å²) < 4.78 is 63.9. The number of benzene rings is 3. The number of phenols is 3. The molecule has 10 atom stereocenters. The van der Waals surface area contributed by atoms with Crippen molar-refractivity contribution in [3.05, 3.63) is 71.3 Å².